The van der Waals surface area contributed by atoms with E-state index in [4.69, 9.17) is 0 Å². The minimum Gasteiger partial charge on any atom is -0.0625 e. The molecule has 0 amide bonds. The van der Waals surface area contributed by atoms with E-state index in [0.717, 1.165) is 11.8 Å². The minimum absolute atomic E-state index is 0.634. The van der Waals surface area contributed by atoms with E-state index in [1.165, 1.54) is 44.9 Å². The zero-order chi connectivity index (χ0) is 10.6. The predicted octanol–water partition coefficient (Wildman–Crippen LogP) is 5.03. The highest BCUT2D eigenvalue weighted by molar-refractivity contribution is 4.82. The summed E-state index contributed by atoms with van der Waals surface area (Å²) in [5.41, 5.74) is 0.634. The summed E-state index contributed by atoms with van der Waals surface area (Å²) in [4.78, 5) is 0. The van der Waals surface area contributed by atoms with Crippen molar-refractivity contribution in [1.29, 1.82) is 0 Å². The van der Waals surface area contributed by atoms with E-state index in [-0.39, 0.29) is 0 Å². The van der Waals surface area contributed by atoms with E-state index in [2.05, 4.69) is 27.7 Å². The zero-order valence-electron chi connectivity index (χ0n) is 10.6. The second-order valence-corrected chi connectivity index (χ2v) is 5.95. The van der Waals surface area contributed by atoms with Crippen LogP contribution in [0.1, 0.15) is 72.6 Å². The molecule has 1 atom stereocenters. The largest absolute Gasteiger partial charge is 0.0625 e. The van der Waals surface area contributed by atoms with Crippen molar-refractivity contribution in [2.24, 2.45) is 17.3 Å². The molecule has 0 radical (unpaired) electrons. The molecule has 1 saturated carbocycles. The monoisotopic (exact) mass is 196 g/mol. The fraction of sp³-hybridized carbons (Fsp3) is 1.00. The van der Waals surface area contributed by atoms with Crippen LogP contribution < -0.4 is 0 Å². The SMILES string of the molecule is CC(C)[C@H](C)C1(C)CCCCCCC1. The van der Waals surface area contributed by atoms with Crippen LogP contribution in [-0.2, 0) is 0 Å². The van der Waals surface area contributed by atoms with Crippen molar-refractivity contribution in [1.82, 2.24) is 0 Å². The highest BCUT2D eigenvalue weighted by Crippen LogP contribution is 2.43. The van der Waals surface area contributed by atoms with Gasteiger partial charge in [0.15, 0.2) is 0 Å². The molecule has 0 bridgehead atoms. The number of rotatable bonds is 2. The zero-order valence-corrected chi connectivity index (χ0v) is 10.6. The molecule has 84 valence electrons. The summed E-state index contributed by atoms with van der Waals surface area (Å²) in [7, 11) is 0. The number of hydrogen-bond donors (Lipinski definition) is 0. The fourth-order valence-corrected chi connectivity index (χ4v) is 2.97. The van der Waals surface area contributed by atoms with Crippen molar-refractivity contribution in [2.45, 2.75) is 72.6 Å². The average molecular weight is 196 g/mol. The molecule has 0 aliphatic heterocycles. The molecule has 0 heterocycles. The first-order valence-electron chi connectivity index (χ1n) is 6.56. The maximum absolute atomic E-state index is 2.53. The molecule has 1 fully saturated rings. The van der Waals surface area contributed by atoms with Crippen LogP contribution in [0.5, 0.6) is 0 Å². The van der Waals surface area contributed by atoms with E-state index >= 15 is 0 Å². The van der Waals surface area contributed by atoms with Gasteiger partial charge in [-0.2, -0.15) is 0 Å². The van der Waals surface area contributed by atoms with Gasteiger partial charge in [-0.15, -0.1) is 0 Å². The lowest BCUT2D eigenvalue weighted by Gasteiger charge is -2.39. The van der Waals surface area contributed by atoms with Crippen LogP contribution in [0.2, 0.25) is 0 Å². The van der Waals surface area contributed by atoms with Gasteiger partial charge in [0.2, 0.25) is 0 Å². The Labute approximate surface area is 90.5 Å². The first-order valence-corrected chi connectivity index (χ1v) is 6.56. The van der Waals surface area contributed by atoms with E-state index in [0.29, 0.717) is 5.41 Å². The standard InChI is InChI=1S/C14H28/c1-12(2)13(3)14(4)10-8-6-5-7-9-11-14/h12-13H,5-11H2,1-4H3/t13-/m0/s1. The summed E-state index contributed by atoms with van der Waals surface area (Å²) >= 11 is 0. The van der Waals surface area contributed by atoms with E-state index in [9.17, 15) is 0 Å². The first kappa shape index (κ1) is 12.1. The van der Waals surface area contributed by atoms with Crippen LogP contribution >= 0.6 is 0 Å². The molecule has 1 rings (SSSR count). The Balaban J connectivity index is 2.58. The van der Waals surface area contributed by atoms with Gasteiger partial charge in [0.05, 0.1) is 0 Å². The predicted molar refractivity (Wildman–Crippen MR) is 64.4 cm³/mol. The molecule has 1 aliphatic rings. The maximum atomic E-state index is 2.53. The van der Waals surface area contributed by atoms with Crippen LogP contribution in [0, 0.1) is 17.3 Å². The smallest absolute Gasteiger partial charge is 0.0298 e. The van der Waals surface area contributed by atoms with Crippen LogP contribution in [-0.4, -0.2) is 0 Å². The third-order valence-electron chi connectivity index (χ3n) is 4.60. The average Bonchev–Trinajstić information content (AvgIpc) is 2.10. The van der Waals surface area contributed by atoms with Gasteiger partial charge in [0, 0.05) is 0 Å². The highest BCUT2D eigenvalue weighted by Gasteiger charge is 2.32. The van der Waals surface area contributed by atoms with Gasteiger partial charge in [-0.1, -0.05) is 59.8 Å². The lowest BCUT2D eigenvalue weighted by atomic mass is 9.66. The lowest BCUT2D eigenvalue weighted by molar-refractivity contribution is 0.110. The third-order valence-corrected chi connectivity index (χ3v) is 4.60. The Bertz CT molecular complexity index is 149. The Morgan fingerprint density at radius 3 is 1.64 bits per heavy atom. The fourth-order valence-electron chi connectivity index (χ4n) is 2.97. The van der Waals surface area contributed by atoms with Gasteiger partial charge in [0.1, 0.15) is 0 Å². The van der Waals surface area contributed by atoms with E-state index in [1.54, 1.807) is 0 Å². The second kappa shape index (κ2) is 5.19. The summed E-state index contributed by atoms with van der Waals surface area (Å²) in [5, 5.41) is 0. The Morgan fingerprint density at radius 1 is 0.786 bits per heavy atom. The van der Waals surface area contributed by atoms with Crippen molar-refractivity contribution in [3.63, 3.8) is 0 Å². The van der Waals surface area contributed by atoms with Gasteiger partial charge in [-0.05, 0) is 30.1 Å². The van der Waals surface area contributed by atoms with Crippen molar-refractivity contribution >= 4 is 0 Å². The summed E-state index contributed by atoms with van der Waals surface area (Å²) in [6.45, 7) is 9.76. The second-order valence-electron chi connectivity index (χ2n) is 5.95. The van der Waals surface area contributed by atoms with E-state index in [1.807, 2.05) is 0 Å². The molecule has 0 spiro atoms. The third kappa shape index (κ3) is 3.00. The quantitative estimate of drug-likeness (QED) is 0.581. The van der Waals surface area contributed by atoms with Gasteiger partial charge >= 0.3 is 0 Å². The van der Waals surface area contributed by atoms with Crippen LogP contribution in [0.4, 0.5) is 0 Å². The lowest BCUT2D eigenvalue weighted by Crippen LogP contribution is -2.29. The van der Waals surface area contributed by atoms with Gasteiger partial charge in [-0.3, -0.25) is 0 Å². The molecule has 0 aromatic heterocycles. The Hall–Kier alpha value is 0. The molecule has 0 saturated heterocycles. The Morgan fingerprint density at radius 2 is 1.21 bits per heavy atom. The van der Waals surface area contributed by atoms with Crippen LogP contribution in [0.25, 0.3) is 0 Å². The van der Waals surface area contributed by atoms with Gasteiger partial charge in [-0.25, -0.2) is 0 Å². The molecule has 14 heavy (non-hydrogen) atoms. The maximum Gasteiger partial charge on any atom is -0.0298 e. The molecule has 0 N–H and O–H groups in total. The molecule has 0 unspecified atom stereocenters. The summed E-state index contributed by atoms with van der Waals surface area (Å²) in [6.07, 6.45) is 10.3. The van der Waals surface area contributed by atoms with Crippen molar-refractivity contribution in [2.75, 3.05) is 0 Å². The van der Waals surface area contributed by atoms with E-state index < -0.39 is 0 Å². The molecular weight excluding hydrogens is 168 g/mol. The van der Waals surface area contributed by atoms with Crippen molar-refractivity contribution < 1.29 is 0 Å². The molecule has 0 heteroatoms. The van der Waals surface area contributed by atoms with Crippen LogP contribution in [0.15, 0.2) is 0 Å². The molecule has 0 aromatic rings. The number of hydrogen-bond acceptors (Lipinski definition) is 0. The van der Waals surface area contributed by atoms with Crippen molar-refractivity contribution in [3.05, 3.63) is 0 Å². The molecule has 0 aromatic carbocycles. The van der Waals surface area contributed by atoms with Gasteiger partial charge in [0.25, 0.3) is 0 Å². The normalized spacial score (nSPS) is 25.5. The highest BCUT2D eigenvalue weighted by atomic mass is 14.4. The molecule has 1 aliphatic carbocycles. The Kier molecular flexibility index (Phi) is 4.47. The van der Waals surface area contributed by atoms with Crippen LogP contribution in [0.3, 0.4) is 0 Å². The minimum atomic E-state index is 0.634. The summed E-state index contributed by atoms with van der Waals surface area (Å²) in [6, 6.07) is 0. The molecular formula is C14H28. The first-order chi connectivity index (χ1) is 6.56. The summed E-state index contributed by atoms with van der Waals surface area (Å²) < 4.78 is 0. The topological polar surface area (TPSA) is 0 Å². The van der Waals surface area contributed by atoms with Gasteiger partial charge < -0.3 is 0 Å². The molecule has 0 nitrogen and oxygen atoms in total. The van der Waals surface area contributed by atoms with Crippen molar-refractivity contribution in [3.8, 4) is 0 Å². The summed E-state index contributed by atoms with van der Waals surface area (Å²) in [5.74, 6) is 1.74.